The number of hydrazine groups is 1. The second-order valence-electron chi connectivity index (χ2n) is 2.02. The van der Waals surface area contributed by atoms with Crippen LogP contribution in [-0.2, 0) is 9.59 Å². The quantitative estimate of drug-likeness (QED) is 0.568. The Morgan fingerprint density at radius 2 is 1.75 bits per heavy atom. The second-order valence-corrected chi connectivity index (χ2v) is 2.02. The normalized spacial score (nSPS) is 10.7. The van der Waals surface area contributed by atoms with Crippen molar-refractivity contribution in [2.75, 3.05) is 0 Å². The molecule has 0 aromatic carbocycles. The van der Waals surface area contributed by atoms with Crippen LogP contribution >= 0.6 is 0 Å². The third kappa shape index (κ3) is 6.84. The molecule has 0 rings (SSSR count). The van der Waals surface area contributed by atoms with Gasteiger partial charge in [-0.1, -0.05) is 0 Å². The van der Waals surface area contributed by atoms with Crippen LogP contribution in [0.2, 0.25) is 0 Å². The molecule has 4 nitrogen and oxygen atoms in total. The number of rotatable bonds is 1. The highest BCUT2D eigenvalue weighted by Gasteiger charge is 2.31. The molecule has 0 aromatic heterocycles. The molecule has 2 N–H and O–H groups in total. The Morgan fingerprint density at radius 1 is 1.25 bits per heavy atom. The predicted molar refractivity (Wildman–Crippen MR) is 32.6 cm³/mol. The van der Waals surface area contributed by atoms with Crippen molar-refractivity contribution in [2.24, 2.45) is 0 Å². The molecule has 2 amide bonds. The van der Waals surface area contributed by atoms with Gasteiger partial charge in [0.15, 0.2) is 0 Å². The van der Waals surface area contributed by atoms with Crippen LogP contribution in [0.1, 0.15) is 13.3 Å². The lowest BCUT2D eigenvalue weighted by atomic mass is 10.4. The molecule has 0 fully saturated rings. The largest absolute Gasteiger partial charge is 0.397 e. The molecule has 0 heterocycles. The first-order valence-corrected chi connectivity index (χ1v) is 2.93. The molecule has 7 heteroatoms. The average molecular weight is 184 g/mol. The van der Waals surface area contributed by atoms with Crippen molar-refractivity contribution in [3.8, 4) is 0 Å². The van der Waals surface area contributed by atoms with E-state index in [0.717, 1.165) is 6.92 Å². The highest BCUT2D eigenvalue weighted by Crippen LogP contribution is 2.18. The van der Waals surface area contributed by atoms with Gasteiger partial charge in [0.2, 0.25) is 11.8 Å². The molecule has 0 spiro atoms. The van der Waals surface area contributed by atoms with Gasteiger partial charge in [-0.25, -0.2) is 0 Å². The number of carbonyl (C=O) groups is 2. The summed E-state index contributed by atoms with van der Waals surface area (Å²) in [6.07, 6.45) is -6.16. The van der Waals surface area contributed by atoms with E-state index >= 15 is 0 Å². The molecule has 0 saturated heterocycles. The summed E-state index contributed by atoms with van der Waals surface area (Å²) in [5.74, 6) is -1.93. The Hall–Kier alpha value is -1.27. The van der Waals surface area contributed by atoms with Crippen molar-refractivity contribution in [1.29, 1.82) is 0 Å². The summed E-state index contributed by atoms with van der Waals surface area (Å²) in [6.45, 7) is 1.06. The highest BCUT2D eigenvalue weighted by molar-refractivity contribution is 5.80. The van der Waals surface area contributed by atoms with Crippen molar-refractivity contribution in [2.45, 2.75) is 19.5 Å². The predicted octanol–water partition coefficient (Wildman–Crippen LogP) is 0.106. The minimum Gasteiger partial charge on any atom is -0.274 e. The van der Waals surface area contributed by atoms with Crippen LogP contribution in [0.15, 0.2) is 0 Å². The van der Waals surface area contributed by atoms with Crippen molar-refractivity contribution in [3.05, 3.63) is 0 Å². The minimum absolute atomic E-state index is 0.634. The summed E-state index contributed by atoms with van der Waals surface area (Å²) < 4.78 is 34.4. The molecule has 12 heavy (non-hydrogen) atoms. The maximum atomic E-state index is 11.5. The molecule has 0 aliphatic carbocycles. The first kappa shape index (κ1) is 10.7. The zero-order chi connectivity index (χ0) is 9.78. The molecule has 0 aromatic rings. The van der Waals surface area contributed by atoms with Crippen molar-refractivity contribution in [3.63, 3.8) is 0 Å². The lowest BCUT2D eigenvalue weighted by molar-refractivity contribution is -0.155. The van der Waals surface area contributed by atoms with Crippen molar-refractivity contribution >= 4 is 11.8 Å². The molecule has 0 atom stereocenters. The van der Waals surface area contributed by atoms with E-state index in [2.05, 4.69) is 0 Å². The maximum absolute atomic E-state index is 11.5. The van der Waals surface area contributed by atoms with Crippen molar-refractivity contribution < 1.29 is 22.8 Å². The van der Waals surface area contributed by atoms with E-state index in [1.165, 1.54) is 0 Å². The van der Waals surface area contributed by atoms with Gasteiger partial charge in [0, 0.05) is 6.92 Å². The highest BCUT2D eigenvalue weighted by atomic mass is 19.4. The van der Waals surface area contributed by atoms with Gasteiger partial charge in [-0.15, -0.1) is 0 Å². The molecule has 0 aliphatic rings. The molecule has 0 saturated carbocycles. The number of carbonyl (C=O) groups excluding carboxylic acids is 2. The number of alkyl halides is 3. The fourth-order valence-electron chi connectivity index (χ4n) is 0.384. The third-order valence-electron chi connectivity index (χ3n) is 0.739. The van der Waals surface area contributed by atoms with E-state index in [0.29, 0.717) is 0 Å². The number of hydrogen-bond donors (Lipinski definition) is 2. The van der Waals surface area contributed by atoms with Gasteiger partial charge in [-0.2, -0.15) is 13.2 Å². The van der Waals surface area contributed by atoms with E-state index < -0.39 is 24.4 Å². The first-order valence-electron chi connectivity index (χ1n) is 2.93. The van der Waals surface area contributed by atoms with Crippen LogP contribution in [0.4, 0.5) is 13.2 Å². The topological polar surface area (TPSA) is 58.2 Å². The summed E-state index contributed by atoms with van der Waals surface area (Å²) in [5.41, 5.74) is 3.31. The smallest absolute Gasteiger partial charge is 0.274 e. The lowest BCUT2D eigenvalue weighted by Crippen LogP contribution is -2.41. The van der Waals surface area contributed by atoms with E-state index in [-0.39, 0.29) is 0 Å². The molecular formula is C5H7F3N2O2. The zero-order valence-electron chi connectivity index (χ0n) is 6.16. The average Bonchev–Trinajstić information content (AvgIpc) is 1.79. The lowest BCUT2D eigenvalue weighted by Gasteiger charge is -2.06. The van der Waals surface area contributed by atoms with Gasteiger partial charge >= 0.3 is 6.18 Å². The van der Waals surface area contributed by atoms with E-state index in [9.17, 15) is 22.8 Å². The second kappa shape index (κ2) is 3.93. The monoisotopic (exact) mass is 184 g/mol. The van der Waals surface area contributed by atoms with E-state index in [4.69, 9.17) is 0 Å². The molecule has 0 unspecified atom stereocenters. The maximum Gasteiger partial charge on any atom is 0.397 e. The van der Waals surface area contributed by atoms with E-state index in [1.54, 1.807) is 10.9 Å². The number of hydrogen-bond acceptors (Lipinski definition) is 2. The van der Waals surface area contributed by atoms with Gasteiger partial charge in [0.1, 0.15) is 6.42 Å². The molecular weight excluding hydrogens is 177 g/mol. The number of halogens is 3. The Kier molecular flexibility index (Phi) is 3.52. The van der Waals surface area contributed by atoms with Gasteiger partial charge < -0.3 is 0 Å². The standard InChI is InChI=1S/C5H7F3N2O2/c1-3(11)9-10-4(12)2-5(6,7)8/h2H2,1H3,(H,9,11)(H,10,12). The van der Waals surface area contributed by atoms with Gasteiger partial charge in [0.25, 0.3) is 0 Å². The van der Waals surface area contributed by atoms with Crippen LogP contribution in [0, 0.1) is 0 Å². The zero-order valence-corrected chi connectivity index (χ0v) is 6.16. The molecule has 0 radical (unpaired) electrons. The fraction of sp³-hybridized carbons (Fsp3) is 0.600. The Labute approximate surface area is 66.1 Å². The summed E-state index contributed by atoms with van der Waals surface area (Å²) in [7, 11) is 0. The molecule has 70 valence electrons. The summed E-state index contributed by atoms with van der Waals surface area (Å²) in [6, 6.07) is 0. The molecule has 0 aliphatic heterocycles. The van der Waals surface area contributed by atoms with Crippen LogP contribution in [0.25, 0.3) is 0 Å². The number of amides is 2. The third-order valence-corrected chi connectivity index (χ3v) is 0.739. The van der Waals surface area contributed by atoms with Crippen LogP contribution < -0.4 is 10.9 Å². The Balaban J connectivity index is 3.68. The summed E-state index contributed by atoms with van der Waals surface area (Å²) in [5, 5.41) is 0. The number of nitrogens with one attached hydrogen (secondary N) is 2. The van der Waals surface area contributed by atoms with Gasteiger partial charge in [0.05, 0.1) is 0 Å². The Morgan fingerprint density at radius 3 is 2.08 bits per heavy atom. The van der Waals surface area contributed by atoms with Crippen molar-refractivity contribution in [1.82, 2.24) is 10.9 Å². The summed E-state index contributed by atoms with van der Waals surface area (Å²) in [4.78, 5) is 20.4. The fourth-order valence-corrected chi connectivity index (χ4v) is 0.384. The first-order chi connectivity index (χ1) is 5.31. The van der Waals surface area contributed by atoms with E-state index in [1.807, 2.05) is 0 Å². The minimum atomic E-state index is -4.55. The SMILES string of the molecule is CC(=O)NNC(=O)CC(F)(F)F. The Bertz CT molecular complexity index is 190. The van der Waals surface area contributed by atoms with Gasteiger partial charge in [-0.3, -0.25) is 20.4 Å². The van der Waals surface area contributed by atoms with Crippen LogP contribution in [0.5, 0.6) is 0 Å². The van der Waals surface area contributed by atoms with Crippen LogP contribution in [-0.4, -0.2) is 18.0 Å². The molecule has 0 bridgehead atoms. The van der Waals surface area contributed by atoms with Crippen LogP contribution in [0.3, 0.4) is 0 Å². The van der Waals surface area contributed by atoms with Gasteiger partial charge in [-0.05, 0) is 0 Å². The summed E-state index contributed by atoms with van der Waals surface area (Å²) >= 11 is 0.